The average molecular weight is 233 g/mol. The topological polar surface area (TPSA) is 58.6 Å². The van der Waals surface area contributed by atoms with E-state index < -0.39 is 5.97 Å². The molecule has 0 bridgehead atoms. The average Bonchev–Trinajstić information content (AvgIpc) is 2.35. The van der Waals surface area contributed by atoms with E-state index in [1.54, 1.807) is 0 Å². The second-order valence-electron chi connectivity index (χ2n) is 4.02. The highest BCUT2D eigenvalue weighted by molar-refractivity contribution is 5.86. The molecule has 0 aromatic heterocycles. The Balaban J connectivity index is 2.04. The lowest BCUT2D eigenvalue weighted by molar-refractivity contribution is -0.132. The Bertz CT molecular complexity index is 442. The monoisotopic (exact) mass is 233 g/mol. The van der Waals surface area contributed by atoms with Gasteiger partial charge in [0.15, 0.2) is 0 Å². The first-order chi connectivity index (χ1) is 8.18. The van der Waals surface area contributed by atoms with Crippen LogP contribution in [-0.2, 0) is 4.79 Å². The van der Waals surface area contributed by atoms with Crippen molar-refractivity contribution in [2.75, 3.05) is 13.2 Å². The number of benzene rings is 1. The molecule has 0 radical (unpaired) electrons. The molecule has 1 aromatic carbocycles. The number of fused-ring (bicyclic) bond motifs is 1. The zero-order chi connectivity index (χ0) is 12.3. The van der Waals surface area contributed by atoms with Gasteiger partial charge in [-0.15, -0.1) is 0 Å². The number of carbonyl (C=O) groups is 1. The fraction of sp³-hybridized carbons (Fsp3) is 0.308. The van der Waals surface area contributed by atoms with Gasteiger partial charge >= 0.3 is 5.97 Å². The molecule has 0 saturated heterocycles. The molecule has 1 unspecified atom stereocenters. The van der Waals surface area contributed by atoms with Crippen molar-refractivity contribution >= 4 is 5.97 Å². The van der Waals surface area contributed by atoms with Gasteiger partial charge in [-0.05, 0) is 6.07 Å². The quantitative estimate of drug-likeness (QED) is 0.778. The van der Waals surface area contributed by atoms with E-state index in [1.807, 2.05) is 24.3 Å². The van der Waals surface area contributed by atoms with Crippen LogP contribution in [0.4, 0.5) is 0 Å². The molecule has 0 fully saturated rings. The molecule has 0 spiro atoms. The first-order valence-electron chi connectivity index (χ1n) is 5.54. The number of ether oxygens (including phenoxy) is 1. The number of carboxylic acids is 1. The van der Waals surface area contributed by atoms with E-state index in [9.17, 15) is 4.79 Å². The molecule has 90 valence electrons. The maximum atomic E-state index is 10.7. The van der Waals surface area contributed by atoms with Crippen LogP contribution in [0.2, 0.25) is 0 Å². The van der Waals surface area contributed by atoms with Gasteiger partial charge in [-0.1, -0.05) is 24.8 Å². The number of para-hydroxylation sites is 1. The number of aliphatic carboxylic acids is 1. The summed E-state index contributed by atoms with van der Waals surface area (Å²) in [7, 11) is 0. The summed E-state index contributed by atoms with van der Waals surface area (Å²) in [6.07, 6.45) is 0.837. The van der Waals surface area contributed by atoms with E-state index in [2.05, 4.69) is 11.9 Å². The number of rotatable bonds is 4. The molecule has 4 nitrogen and oxygen atoms in total. The minimum absolute atomic E-state index is 0.135. The van der Waals surface area contributed by atoms with Crippen LogP contribution < -0.4 is 10.1 Å². The standard InChI is InChI=1S/C13H15NO3/c1-9(13(15)16)8-14-11-6-7-17-12-5-3-2-4-10(11)12/h2-5,11,14H,1,6-8H2,(H,15,16). The summed E-state index contributed by atoms with van der Waals surface area (Å²) in [5.41, 5.74) is 1.26. The summed E-state index contributed by atoms with van der Waals surface area (Å²) in [5, 5.41) is 11.9. The molecule has 2 N–H and O–H groups in total. The molecule has 1 atom stereocenters. The van der Waals surface area contributed by atoms with Crippen molar-refractivity contribution in [1.29, 1.82) is 0 Å². The Labute approximate surface area is 99.9 Å². The molecule has 1 aliphatic rings. The van der Waals surface area contributed by atoms with Crippen LogP contribution in [0.25, 0.3) is 0 Å². The number of nitrogens with one attached hydrogen (secondary N) is 1. The summed E-state index contributed by atoms with van der Waals surface area (Å²) in [4.78, 5) is 10.7. The normalized spacial score (nSPS) is 18.0. The summed E-state index contributed by atoms with van der Waals surface area (Å²) in [5.74, 6) is -0.0879. The van der Waals surface area contributed by atoms with Crippen molar-refractivity contribution in [1.82, 2.24) is 5.32 Å². The molecule has 1 heterocycles. The van der Waals surface area contributed by atoms with E-state index in [4.69, 9.17) is 9.84 Å². The third-order valence-electron chi connectivity index (χ3n) is 2.82. The van der Waals surface area contributed by atoms with Gasteiger partial charge in [-0.25, -0.2) is 4.79 Å². The van der Waals surface area contributed by atoms with Crippen molar-refractivity contribution in [3.63, 3.8) is 0 Å². The lowest BCUT2D eigenvalue weighted by Gasteiger charge is -2.26. The Kier molecular flexibility index (Phi) is 3.44. The maximum absolute atomic E-state index is 10.7. The van der Waals surface area contributed by atoms with Crippen LogP contribution in [0.3, 0.4) is 0 Å². The van der Waals surface area contributed by atoms with Gasteiger partial charge < -0.3 is 15.2 Å². The third kappa shape index (κ3) is 2.65. The smallest absolute Gasteiger partial charge is 0.332 e. The molecule has 1 aliphatic heterocycles. The predicted octanol–water partition coefficient (Wildman–Crippen LogP) is 1.74. The third-order valence-corrected chi connectivity index (χ3v) is 2.82. The van der Waals surface area contributed by atoms with E-state index in [0.717, 1.165) is 17.7 Å². The molecular weight excluding hydrogens is 218 g/mol. The van der Waals surface area contributed by atoms with Gasteiger partial charge in [0.1, 0.15) is 5.75 Å². The SMILES string of the molecule is C=C(CNC1CCOc2ccccc21)C(=O)O. The summed E-state index contributed by atoms with van der Waals surface area (Å²) in [6.45, 7) is 4.43. The highest BCUT2D eigenvalue weighted by Crippen LogP contribution is 2.31. The van der Waals surface area contributed by atoms with E-state index in [-0.39, 0.29) is 18.2 Å². The van der Waals surface area contributed by atoms with Crippen LogP contribution in [0.5, 0.6) is 5.75 Å². The molecule has 0 amide bonds. The van der Waals surface area contributed by atoms with E-state index >= 15 is 0 Å². The van der Waals surface area contributed by atoms with Crippen molar-refractivity contribution in [3.05, 3.63) is 42.0 Å². The molecule has 0 saturated carbocycles. The molecule has 1 aromatic rings. The lowest BCUT2D eigenvalue weighted by Crippen LogP contribution is -2.29. The number of hydrogen-bond acceptors (Lipinski definition) is 3. The maximum Gasteiger partial charge on any atom is 0.332 e. The van der Waals surface area contributed by atoms with Gasteiger partial charge in [0.25, 0.3) is 0 Å². The second-order valence-corrected chi connectivity index (χ2v) is 4.02. The molecule has 17 heavy (non-hydrogen) atoms. The van der Waals surface area contributed by atoms with Crippen molar-refractivity contribution in [2.24, 2.45) is 0 Å². The Morgan fingerprint density at radius 2 is 2.29 bits per heavy atom. The van der Waals surface area contributed by atoms with Crippen LogP contribution in [0.15, 0.2) is 36.4 Å². The second kappa shape index (κ2) is 5.01. The Hall–Kier alpha value is -1.81. The minimum atomic E-state index is -0.960. The Morgan fingerprint density at radius 3 is 3.06 bits per heavy atom. The number of hydrogen-bond donors (Lipinski definition) is 2. The highest BCUT2D eigenvalue weighted by atomic mass is 16.5. The van der Waals surface area contributed by atoms with E-state index in [0.29, 0.717) is 6.61 Å². The first-order valence-corrected chi connectivity index (χ1v) is 5.54. The summed E-state index contributed by atoms with van der Waals surface area (Å²) < 4.78 is 5.53. The van der Waals surface area contributed by atoms with Crippen LogP contribution in [0, 0.1) is 0 Å². The highest BCUT2D eigenvalue weighted by Gasteiger charge is 2.20. The lowest BCUT2D eigenvalue weighted by atomic mass is 10.0. The van der Waals surface area contributed by atoms with Gasteiger partial charge in [-0.2, -0.15) is 0 Å². The molecule has 0 aliphatic carbocycles. The van der Waals surface area contributed by atoms with E-state index in [1.165, 1.54) is 0 Å². The largest absolute Gasteiger partial charge is 0.493 e. The fourth-order valence-electron chi connectivity index (χ4n) is 1.88. The summed E-state index contributed by atoms with van der Waals surface area (Å²) >= 11 is 0. The summed E-state index contributed by atoms with van der Waals surface area (Å²) in [6, 6.07) is 7.94. The van der Waals surface area contributed by atoms with Crippen molar-refractivity contribution in [3.8, 4) is 5.75 Å². The van der Waals surface area contributed by atoms with Crippen LogP contribution in [0.1, 0.15) is 18.0 Å². The predicted molar refractivity (Wildman–Crippen MR) is 64.1 cm³/mol. The minimum Gasteiger partial charge on any atom is -0.493 e. The molecule has 4 heteroatoms. The molecular formula is C13H15NO3. The first kappa shape index (κ1) is 11.7. The molecule has 2 rings (SSSR count). The van der Waals surface area contributed by atoms with Gasteiger partial charge in [0.2, 0.25) is 0 Å². The zero-order valence-electron chi connectivity index (χ0n) is 9.48. The number of carboxylic acid groups (broad SMARTS) is 1. The van der Waals surface area contributed by atoms with Crippen LogP contribution in [-0.4, -0.2) is 24.2 Å². The Morgan fingerprint density at radius 1 is 1.53 bits per heavy atom. The zero-order valence-corrected chi connectivity index (χ0v) is 9.48. The van der Waals surface area contributed by atoms with Gasteiger partial charge in [0.05, 0.1) is 6.61 Å². The van der Waals surface area contributed by atoms with Gasteiger partial charge in [-0.3, -0.25) is 0 Å². The van der Waals surface area contributed by atoms with Crippen molar-refractivity contribution in [2.45, 2.75) is 12.5 Å². The van der Waals surface area contributed by atoms with Crippen molar-refractivity contribution < 1.29 is 14.6 Å². The fourth-order valence-corrected chi connectivity index (χ4v) is 1.88. The van der Waals surface area contributed by atoms with Gasteiger partial charge in [0, 0.05) is 30.1 Å². The van der Waals surface area contributed by atoms with Crippen LogP contribution >= 0.6 is 0 Å².